The number of H-pyrrole nitrogens is 1. The third-order valence-corrected chi connectivity index (χ3v) is 2.52. The summed E-state index contributed by atoms with van der Waals surface area (Å²) in [7, 11) is 0. The minimum Gasteiger partial charge on any atom is -0.391 e. The molecular weight excluding hydrogens is 180 g/mol. The molecule has 0 aromatic carbocycles. The summed E-state index contributed by atoms with van der Waals surface area (Å²) >= 11 is 0. The van der Waals surface area contributed by atoms with E-state index in [-0.39, 0.29) is 11.2 Å². The van der Waals surface area contributed by atoms with Crippen molar-refractivity contribution in [1.29, 1.82) is 0 Å². The van der Waals surface area contributed by atoms with Gasteiger partial charge in [-0.15, -0.1) is 0 Å². The molecule has 1 saturated heterocycles. The van der Waals surface area contributed by atoms with Crippen LogP contribution >= 0.6 is 0 Å². The molecule has 2 heterocycles. The van der Waals surface area contributed by atoms with E-state index in [9.17, 15) is 4.79 Å². The first-order valence-corrected chi connectivity index (χ1v) is 4.87. The number of aromatic nitrogens is 2. The number of piperidine rings is 1. The zero-order chi connectivity index (χ0) is 9.97. The number of rotatable bonds is 1. The number of aromatic amines is 1. The second kappa shape index (κ2) is 3.69. The van der Waals surface area contributed by atoms with Gasteiger partial charge in [-0.05, 0) is 19.3 Å². The molecule has 0 unspecified atom stereocenters. The molecule has 1 aliphatic rings. The van der Waals surface area contributed by atoms with Gasteiger partial charge >= 0.3 is 0 Å². The van der Waals surface area contributed by atoms with E-state index in [0.717, 1.165) is 25.9 Å². The summed E-state index contributed by atoms with van der Waals surface area (Å²) in [4.78, 5) is 19.9. The molecule has 0 radical (unpaired) electrons. The normalized spacial score (nSPS) is 17.0. The van der Waals surface area contributed by atoms with Crippen LogP contribution in [0, 0.1) is 0 Å². The fraction of sp³-hybridized carbons (Fsp3) is 0.556. The molecule has 0 spiro atoms. The zero-order valence-electron chi connectivity index (χ0n) is 7.99. The number of nitrogens with one attached hydrogen (secondary N) is 1. The fourth-order valence-electron chi connectivity index (χ4n) is 1.76. The van der Waals surface area contributed by atoms with Crippen molar-refractivity contribution in [3.05, 3.63) is 16.7 Å². The quantitative estimate of drug-likeness (QED) is 0.676. The lowest BCUT2D eigenvalue weighted by Gasteiger charge is -2.27. The van der Waals surface area contributed by atoms with Gasteiger partial charge in [0.05, 0.1) is 6.33 Å². The van der Waals surface area contributed by atoms with Crippen LogP contribution in [0.2, 0.25) is 0 Å². The predicted molar refractivity (Wildman–Crippen MR) is 55.3 cm³/mol. The molecule has 76 valence electrons. The third-order valence-electron chi connectivity index (χ3n) is 2.52. The van der Waals surface area contributed by atoms with Crippen LogP contribution in [-0.2, 0) is 0 Å². The van der Waals surface area contributed by atoms with Crippen LogP contribution in [-0.4, -0.2) is 23.1 Å². The summed E-state index contributed by atoms with van der Waals surface area (Å²) in [5, 5.41) is 0. The van der Waals surface area contributed by atoms with Crippen molar-refractivity contribution < 1.29 is 0 Å². The Balaban J connectivity index is 2.30. The van der Waals surface area contributed by atoms with E-state index in [1.807, 2.05) is 0 Å². The van der Waals surface area contributed by atoms with E-state index in [4.69, 9.17) is 5.73 Å². The molecule has 5 nitrogen and oxygen atoms in total. The Hall–Kier alpha value is -1.52. The fourth-order valence-corrected chi connectivity index (χ4v) is 1.76. The molecule has 0 amide bonds. The van der Waals surface area contributed by atoms with Crippen molar-refractivity contribution in [2.75, 3.05) is 23.7 Å². The van der Waals surface area contributed by atoms with Crippen LogP contribution in [0.4, 0.5) is 11.5 Å². The van der Waals surface area contributed by atoms with Gasteiger partial charge < -0.3 is 15.6 Å². The highest BCUT2D eigenvalue weighted by molar-refractivity contribution is 5.60. The molecule has 0 bridgehead atoms. The highest BCUT2D eigenvalue weighted by Gasteiger charge is 2.15. The summed E-state index contributed by atoms with van der Waals surface area (Å²) < 4.78 is 0. The van der Waals surface area contributed by atoms with E-state index in [2.05, 4.69) is 14.9 Å². The molecule has 1 aliphatic heterocycles. The van der Waals surface area contributed by atoms with Crippen molar-refractivity contribution in [3.8, 4) is 0 Å². The van der Waals surface area contributed by atoms with Crippen molar-refractivity contribution in [1.82, 2.24) is 9.97 Å². The van der Waals surface area contributed by atoms with Crippen molar-refractivity contribution in [3.63, 3.8) is 0 Å². The van der Waals surface area contributed by atoms with Gasteiger partial charge in [0, 0.05) is 13.1 Å². The summed E-state index contributed by atoms with van der Waals surface area (Å²) in [6.45, 7) is 1.89. The van der Waals surface area contributed by atoms with Crippen LogP contribution in [0.1, 0.15) is 19.3 Å². The number of hydrogen-bond donors (Lipinski definition) is 2. The molecule has 1 aromatic rings. The van der Waals surface area contributed by atoms with Crippen molar-refractivity contribution in [2.45, 2.75) is 19.3 Å². The largest absolute Gasteiger partial charge is 0.391 e. The van der Waals surface area contributed by atoms with Crippen LogP contribution in [0.25, 0.3) is 0 Å². The average Bonchev–Trinajstić information content (AvgIpc) is 2.23. The smallest absolute Gasteiger partial charge is 0.276 e. The first-order valence-electron chi connectivity index (χ1n) is 4.87. The van der Waals surface area contributed by atoms with Crippen LogP contribution in [0.5, 0.6) is 0 Å². The molecule has 0 saturated carbocycles. The van der Waals surface area contributed by atoms with Gasteiger partial charge in [0.25, 0.3) is 5.56 Å². The van der Waals surface area contributed by atoms with E-state index in [1.54, 1.807) is 0 Å². The van der Waals surface area contributed by atoms with E-state index in [1.165, 1.54) is 12.7 Å². The molecule has 1 aromatic heterocycles. The Labute approximate surface area is 82.0 Å². The lowest BCUT2D eigenvalue weighted by atomic mass is 10.1. The number of anilines is 2. The summed E-state index contributed by atoms with van der Waals surface area (Å²) in [5.41, 5.74) is 5.65. The summed E-state index contributed by atoms with van der Waals surface area (Å²) in [6.07, 6.45) is 4.95. The van der Waals surface area contributed by atoms with E-state index >= 15 is 0 Å². The zero-order valence-corrected chi connectivity index (χ0v) is 7.99. The van der Waals surface area contributed by atoms with Gasteiger partial charge in [0.15, 0.2) is 5.82 Å². The van der Waals surface area contributed by atoms with Crippen molar-refractivity contribution >= 4 is 11.5 Å². The Kier molecular flexibility index (Phi) is 2.39. The molecule has 2 rings (SSSR count). The maximum absolute atomic E-state index is 11.2. The SMILES string of the molecule is Nc1c(N2CCCCC2)nc[nH]c1=O. The van der Waals surface area contributed by atoms with Gasteiger partial charge in [-0.25, -0.2) is 4.98 Å². The van der Waals surface area contributed by atoms with Crippen molar-refractivity contribution in [2.24, 2.45) is 0 Å². The number of nitrogens with zero attached hydrogens (tertiary/aromatic N) is 2. The first kappa shape index (κ1) is 9.05. The van der Waals surface area contributed by atoms with E-state index in [0.29, 0.717) is 5.82 Å². The lowest BCUT2D eigenvalue weighted by molar-refractivity contribution is 0.573. The minimum atomic E-state index is -0.249. The van der Waals surface area contributed by atoms with Crippen LogP contribution in [0.3, 0.4) is 0 Å². The van der Waals surface area contributed by atoms with Gasteiger partial charge in [-0.2, -0.15) is 0 Å². The van der Waals surface area contributed by atoms with Gasteiger partial charge in [0.2, 0.25) is 0 Å². The molecule has 0 atom stereocenters. The van der Waals surface area contributed by atoms with Gasteiger partial charge in [-0.1, -0.05) is 0 Å². The number of nitrogen functional groups attached to an aromatic ring is 1. The third kappa shape index (κ3) is 1.57. The number of hydrogen-bond acceptors (Lipinski definition) is 4. The first-order chi connectivity index (χ1) is 6.79. The topological polar surface area (TPSA) is 75.0 Å². The summed E-state index contributed by atoms with van der Waals surface area (Å²) in [6, 6.07) is 0. The van der Waals surface area contributed by atoms with Gasteiger partial charge in [0.1, 0.15) is 5.69 Å². The maximum Gasteiger partial charge on any atom is 0.276 e. The second-order valence-electron chi connectivity index (χ2n) is 3.52. The highest BCUT2D eigenvalue weighted by Crippen LogP contribution is 2.19. The molecular formula is C9H14N4O. The monoisotopic (exact) mass is 194 g/mol. The Morgan fingerprint density at radius 1 is 1.36 bits per heavy atom. The predicted octanol–water partition coefficient (Wildman–Crippen LogP) is 0.342. The molecule has 14 heavy (non-hydrogen) atoms. The maximum atomic E-state index is 11.2. The molecule has 5 heteroatoms. The van der Waals surface area contributed by atoms with E-state index < -0.39 is 0 Å². The summed E-state index contributed by atoms with van der Waals surface area (Å²) in [5.74, 6) is 0.633. The standard InChI is InChI=1S/C9H14N4O/c10-7-8(11-6-12-9(7)14)13-4-2-1-3-5-13/h6H,1-5,10H2,(H,11,12,14). The lowest BCUT2D eigenvalue weighted by Crippen LogP contribution is -2.32. The highest BCUT2D eigenvalue weighted by atomic mass is 16.1. The minimum absolute atomic E-state index is 0.231. The second-order valence-corrected chi connectivity index (χ2v) is 3.52. The Morgan fingerprint density at radius 2 is 2.07 bits per heavy atom. The number of nitrogens with two attached hydrogens (primary N) is 1. The molecule has 0 aliphatic carbocycles. The van der Waals surface area contributed by atoms with Crippen LogP contribution in [0.15, 0.2) is 11.1 Å². The van der Waals surface area contributed by atoms with Gasteiger partial charge in [-0.3, -0.25) is 4.79 Å². The Bertz CT molecular complexity index is 367. The Morgan fingerprint density at radius 3 is 2.79 bits per heavy atom. The molecule has 1 fully saturated rings. The average molecular weight is 194 g/mol. The van der Waals surface area contributed by atoms with Crippen LogP contribution < -0.4 is 16.2 Å². The molecule has 3 N–H and O–H groups in total.